The molecule has 1 aromatic carbocycles. The maximum atomic E-state index is 5.06. The lowest BCUT2D eigenvalue weighted by atomic mass is 10.1. The molecule has 0 aliphatic carbocycles. The quantitative estimate of drug-likeness (QED) is 0.519. The number of ether oxygens (including phenoxy) is 1. The number of hydrogen-bond acceptors (Lipinski definition) is 1. The molecule has 4 radical (unpaired) electrons. The summed E-state index contributed by atoms with van der Waals surface area (Å²) in [5.74, 6) is 0.904. The summed E-state index contributed by atoms with van der Waals surface area (Å²) in [5.41, 5.74) is 1.18. The van der Waals surface area contributed by atoms with Crippen molar-refractivity contribution in [3.63, 3.8) is 0 Å². The highest BCUT2D eigenvalue weighted by Crippen LogP contribution is 2.24. The van der Waals surface area contributed by atoms with Gasteiger partial charge in [-0.1, -0.05) is 18.2 Å². The monoisotopic (exact) mass is 130 g/mol. The fraction of sp³-hybridized carbons (Fsp3) is 0.111. The topological polar surface area (TPSA) is 9.23 Å². The molecule has 1 nitrogen and oxygen atoms in total. The molecule has 0 fully saturated rings. The van der Waals surface area contributed by atoms with Gasteiger partial charge in [-0.3, -0.25) is 0 Å². The Morgan fingerprint density at radius 1 is 1.30 bits per heavy atom. The molecule has 0 amide bonds. The Balaban J connectivity index is 2.41. The van der Waals surface area contributed by atoms with Crippen molar-refractivity contribution < 1.29 is 4.74 Å². The van der Waals surface area contributed by atoms with E-state index in [1.54, 1.807) is 0 Å². The molecule has 0 bridgehead atoms. The van der Waals surface area contributed by atoms with Gasteiger partial charge >= 0.3 is 0 Å². The van der Waals surface area contributed by atoms with Crippen LogP contribution in [0.4, 0.5) is 0 Å². The summed E-state index contributed by atoms with van der Waals surface area (Å²) in [6, 6.07) is 7.91. The molecule has 0 unspecified atom stereocenters. The van der Waals surface area contributed by atoms with Gasteiger partial charge in [0.25, 0.3) is 0 Å². The van der Waals surface area contributed by atoms with Crippen molar-refractivity contribution in [2.24, 2.45) is 0 Å². The minimum atomic E-state index is 0.816. The van der Waals surface area contributed by atoms with E-state index in [0.717, 1.165) is 12.2 Å². The highest BCUT2D eigenvalue weighted by atomic mass is 16.5. The van der Waals surface area contributed by atoms with Gasteiger partial charge < -0.3 is 4.74 Å². The van der Waals surface area contributed by atoms with Crippen LogP contribution in [0.25, 0.3) is 0 Å². The van der Waals surface area contributed by atoms with E-state index in [4.69, 9.17) is 4.74 Å². The molecule has 10 heavy (non-hydrogen) atoms. The van der Waals surface area contributed by atoms with Crippen LogP contribution in [-0.2, 0) is 6.42 Å². The van der Waals surface area contributed by atoms with Crippen molar-refractivity contribution in [3.05, 3.63) is 42.9 Å². The smallest absolute Gasteiger partial charge is 0.204 e. The van der Waals surface area contributed by atoms with Crippen molar-refractivity contribution in [3.8, 4) is 5.75 Å². The van der Waals surface area contributed by atoms with Crippen LogP contribution < -0.4 is 4.74 Å². The van der Waals surface area contributed by atoms with E-state index < -0.39 is 0 Å². The number of benzene rings is 1. The van der Waals surface area contributed by atoms with Crippen molar-refractivity contribution >= 4 is 0 Å². The molecular formula is C9H6O. The first-order chi connectivity index (χ1) is 4.97. The second-order valence-corrected chi connectivity index (χ2v) is 2.17. The molecular weight excluding hydrogens is 124 g/mol. The van der Waals surface area contributed by atoms with Crippen LogP contribution in [0.1, 0.15) is 5.56 Å². The van der Waals surface area contributed by atoms with Crippen LogP contribution in [0.15, 0.2) is 24.3 Å². The molecule has 0 spiro atoms. The zero-order valence-corrected chi connectivity index (χ0v) is 5.42. The SMILES string of the molecule is [C]1[C]Oc2ccccc2C1. The Morgan fingerprint density at radius 3 is 3.10 bits per heavy atom. The maximum absolute atomic E-state index is 5.06. The third-order valence-corrected chi connectivity index (χ3v) is 1.48. The van der Waals surface area contributed by atoms with E-state index in [2.05, 4.69) is 13.0 Å². The minimum Gasteiger partial charge on any atom is -0.477 e. The van der Waals surface area contributed by atoms with E-state index in [1.807, 2.05) is 24.3 Å². The van der Waals surface area contributed by atoms with E-state index in [1.165, 1.54) is 5.56 Å². The van der Waals surface area contributed by atoms with Gasteiger partial charge in [-0.05, 0) is 18.1 Å². The molecule has 0 aromatic heterocycles. The summed E-state index contributed by atoms with van der Waals surface area (Å²) < 4.78 is 5.06. The summed E-state index contributed by atoms with van der Waals surface area (Å²) >= 11 is 0. The summed E-state index contributed by atoms with van der Waals surface area (Å²) in [4.78, 5) is 0. The Labute approximate surface area is 60.6 Å². The second kappa shape index (κ2) is 2.33. The molecule has 0 atom stereocenters. The van der Waals surface area contributed by atoms with E-state index in [9.17, 15) is 0 Å². The van der Waals surface area contributed by atoms with Crippen LogP contribution in [0.3, 0.4) is 0 Å². The fourth-order valence-corrected chi connectivity index (χ4v) is 0.972. The Morgan fingerprint density at radius 2 is 2.20 bits per heavy atom. The average Bonchev–Trinajstić information content (AvgIpc) is 2.05. The van der Waals surface area contributed by atoms with Gasteiger partial charge in [-0.2, -0.15) is 0 Å². The predicted octanol–water partition coefficient (Wildman–Crippen LogP) is 1.74. The third kappa shape index (κ3) is 0.878. The van der Waals surface area contributed by atoms with Gasteiger partial charge in [-0.25, -0.2) is 0 Å². The Hall–Kier alpha value is -0.980. The maximum Gasteiger partial charge on any atom is 0.204 e. The molecule has 0 saturated heterocycles. The van der Waals surface area contributed by atoms with Crippen LogP contribution in [0, 0.1) is 13.0 Å². The number of hydrogen-bond donors (Lipinski definition) is 0. The fourth-order valence-electron chi connectivity index (χ4n) is 0.972. The molecule has 2 rings (SSSR count). The lowest BCUT2D eigenvalue weighted by Crippen LogP contribution is -2.03. The molecule has 1 heterocycles. The van der Waals surface area contributed by atoms with Gasteiger partial charge in [0.2, 0.25) is 6.61 Å². The minimum absolute atomic E-state index is 0.816. The summed E-state index contributed by atoms with van der Waals surface area (Å²) in [5, 5.41) is 0. The standard InChI is InChI=1S/C9H6O/c1-2-6-9-8(4-1)5-3-7-10-9/h1-2,4,6H,5H2. The van der Waals surface area contributed by atoms with Crippen LogP contribution in [0.5, 0.6) is 5.75 Å². The molecule has 1 aliphatic rings. The lowest BCUT2D eigenvalue weighted by Gasteiger charge is -2.13. The van der Waals surface area contributed by atoms with E-state index in [-0.39, 0.29) is 0 Å². The van der Waals surface area contributed by atoms with Crippen LogP contribution >= 0.6 is 0 Å². The van der Waals surface area contributed by atoms with Crippen LogP contribution in [-0.4, -0.2) is 0 Å². The first-order valence-corrected chi connectivity index (χ1v) is 3.19. The zero-order valence-electron chi connectivity index (χ0n) is 5.42. The summed E-state index contributed by atoms with van der Waals surface area (Å²) in [6.45, 7) is 2.59. The third-order valence-electron chi connectivity index (χ3n) is 1.48. The molecule has 0 saturated carbocycles. The zero-order chi connectivity index (χ0) is 6.81. The largest absolute Gasteiger partial charge is 0.477 e. The van der Waals surface area contributed by atoms with Crippen molar-refractivity contribution in [2.45, 2.75) is 6.42 Å². The molecule has 1 heteroatoms. The van der Waals surface area contributed by atoms with E-state index in [0.29, 0.717) is 0 Å². The predicted molar refractivity (Wildman–Crippen MR) is 37.3 cm³/mol. The second-order valence-electron chi connectivity index (χ2n) is 2.17. The Kier molecular flexibility index (Phi) is 1.35. The van der Waals surface area contributed by atoms with Gasteiger partial charge in [0.05, 0.1) is 0 Å². The van der Waals surface area contributed by atoms with Gasteiger partial charge in [0.15, 0.2) is 0 Å². The number of fused-ring (bicyclic) bond motifs is 1. The van der Waals surface area contributed by atoms with Crippen molar-refractivity contribution in [2.75, 3.05) is 0 Å². The number of para-hydroxylation sites is 1. The van der Waals surface area contributed by atoms with Gasteiger partial charge in [-0.15, -0.1) is 0 Å². The summed E-state index contributed by atoms with van der Waals surface area (Å²) in [6.07, 6.45) is 3.68. The Bertz CT molecular complexity index is 205. The summed E-state index contributed by atoms with van der Waals surface area (Å²) in [7, 11) is 0. The highest BCUT2D eigenvalue weighted by Gasteiger charge is 2.09. The van der Waals surface area contributed by atoms with Gasteiger partial charge in [0, 0.05) is 6.42 Å². The molecule has 1 aliphatic heterocycles. The molecule has 1 aromatic rings. The molecule has 48 valence electrons. The normalized spacial score (nSPS) is 15.6. The lowest BCUT2D eigenvalue weighted by molar-refractivity contribution is 0.401. The van der Waals surface area contributed by atoms with Crippen molar-refractivity contribution in [1.29, 1.82) is 0 Å². The first kappa shape index (κ1) is 5.78. The average molecular weight is 130 g/mol. The van der Waals surface area contributed by atoms with Crippen LogP contribution in [0.2, 0.25) is 0 Å². The highest BCUT2D eigenvalue weighted by molar-refractivity contribution is 5.37. The first-order valence-electron chi connectivity index (χ1n) is 3.19. The van der Waals surface area contributed by atoms with Crippen molar-refractivity contribution in [1.82, 2.24) is 0 Å². The molecule has 0 N–H and O–H groups in total. The van der Waals surface area contributed by atoms with E-state index >= 15 is 0 Å². The number of rotatable bonds is 0. The van der Waals surface area contributed by atoms with Gasteiger partial charge in [0.1, 0.15) is 5.75 Å².